The fourth-order valence-electron chi connectivity index (χ4n) is 3.10. The second-order valence-corrected chi connectivity index (χ2v) is 6.45. The van der Waals surface area contributed by atoms with Crippen molar-refractivity contribution in [2.24, 2.45) is 16.7 Å². The Hall–Kier alpha value is -1.91. The summed E-state index contributed by atoms with van der Waals surface area (Å²) in [5.41, 5.74) is -1.05. The Labute approximate surface area is 123 Å². The zero-order chi connectivity index (χ0) is 15.8. The quantitative estimate of drug-likeness (QED) is 0.898. The first-order chi connectivity index (χ1) is 9.68. The zero-order valence-corrected chi connectivity index (χ0v) is 12.4. The Balaban J connectivity index is 2.17. The summed E-state index contributed by atoms with van der Waals surface area (Å²) >= 11 is 0. The van der Waals surface area contributed by atoms with Crippen molar-refractivity contribution in [2.75, 3.05) is 5.32 Å². The molecule has 1 aliphatic carbocycles. The van der Waals surface area contributed by atoms with Gasteiger partial charge in [0, 0.05) is 11.6 Å². The predicted octanol–water partition coefficient (Wildman–Crippen LogP) is 3.29. The van der Waals surface area contributed by atoms with E-state index in [0.717, 1.165) is 0 Å². The van der Waals surface area contributed by atoms with E-state index in [0.29, 0.717) is 18.5 Å². The highest BCUT2D eigenvalue weighted by atomic mass is 19.1. The maximum absolute atomic E-state index is 12.9. The molecule has 5 heteroatoms. The van der Waals surface area contributed by atoms with E-state index in [-0.39, 0.29) is 17.6 Å². The van der Waals surface area contributed by atoms with Crippen LogP contribution < -0.4 is 5.32 Å². The lowest BCUT2D eigenvalue weighted by atomic mass is 9.65. The van der Waals surface area contributed by atoms with E-state index in [1.807, 2.05) is 13.8 Å². The third-order valence-corrected chi connectivity index (χ3v) is 5.13. The molecule has 0 spiro atoms. The molecular formula is C16H20FNO3. The van der Waals surface area contributed by atoms with Gasteiger partial charge in [0.25, 0.3) is 0 Å². The lowest BCUT2D eigenvalue weighted by Gasteiger charge is -2.37. The number of benzene rings is 1. The highest BCUT2D eigenvalue weighted by molar-refractivity contribution is 5.94. The first kappa shape index (κ1) is 15.5. The van der Waals surface area contributed by atoms with E-state index in [1.54, 1.807) is 6.92 Å². The number of nitrogens with one attached hydrogen (secondary N) is 1. The second kappa shape index (κ2) is 5.13. The molecule has 2 atom stereocenters. The number of carbonyl (C=O) groups excluding carboxylic acids is 1. The van der Waals surface area contributed by atoms with Crippen molar-refractivity contribution in [3.63, 3.8) is 0 Å². The molecule has 1 saturated carbocycles. The molecule has 0 bridgehead atoms. The number of hydrogen-bond acceptors (Lipinski definition) is 2. The van der Waals surface area contributed by atoms with Gasteiger partial charge in [0.1, 0.15) is 5.82 Å². The minimum absolute atomic E-state index is 0.211. The van der Waals surface area contributed by atoms with Crippen LogP contribution in [0.3, 0.4) is 0 Å². The van der Waals surface area contributed by atoms with Crippen molar-refractivity contribution < 1.29 is 19.1 Å². The zero-order valence-electron chi connectivity index (χ0n) is 12.4. The van der Waals surface area contributed by atoms with Crippen molar-refractivity contribution in [2.45, 2.75) is 33.6 Å². The van der Waals surface area contributed by atoms with Gasteiger partial charge in [-0.3, -0.25) is 9.59 Å². The molecule has 1 aromatic rings. The number of carboxylic acids is 1. The highest BCUT2D eigenvalue weighted by Gasteiger charge is 2.58. The summed E-state index contributed by atoms with van der Waals surface area (Å²) in [4.78, 5) is 24.0. The number of hydrogen-bond donors (Lipinski definition) is 2. The Morgan fingerprint density at radius 3 is 2.29 bits per heavy atom. The molecular weight excluding hydrogens is 273 g/mol. The van der Waals surface area contributed by atoms with Crippen molar-refractivity contribution in [1.29, 1.82) is 0 Å². The molecule has 1 aliphatic rings. The van der Waals surface area contributed by atoms with Crippen LogP contribution in [0.15, 0.2) is 24.3 Å². The van der Waals surface area contributed by atoms with Crippen LogP contribution in [0.25, 0.3) is 0 Å². The van der Waals surface area contributed by atoms with Crippen molar-refractivity contribution in [3.05, 3.63) is 30.1 Å². The van der Waals surface area contributed by atoms with Crippen LogP contribution in [-0.2, 0) is 9.59 Å². The molecule has 1 fully saturated rings. The standard InChI is InChI=1S/C16H20FNO3/c1-15(2)12(8-9-16(15,3)14(20)21)13(19)18-11-6-4-10(17)5-7-11/h4-7,12H,8-9H2,1-3H3,(H,18,19)(H,20,21)/t12-,16-/m0/s1. The number of amides is 1. The second-order valence-electron chi connectivity index (χ2n) is 6.45. The molecule has 114 valence electrons. The van der Waals surface area contributed by atoms with E-state index in [4.69, 9.17) is 0 Å². The summed E-state index contributed by atoms with van der Waals surface area (Å²) in [5, 5.41) is 12.2. The fraction of sp³-hybridized carbons (Fsp3) is 0.500. The number of rotatable bonds is 3. The number of carboxylic acid groups (broad SMARTS) is 1. The largest absolute Gasteiger partial charge is 0.481 e. The molecule has 4 nitrogen and oxygen atoms in total. The molecule has 2 rings (SSSR count). The molecule has 0 aromatic heterocycles. The number of aliphatic carboxylic acids is 1. The van der Waals surface area contributed by atoms with Crippen LogP contribution >= 0.6 is 0 Å². The normalized spacial score (nSPS) is 27.3. The average Bonchev–Trinajstić information content (AvgIpc) is 2.64. The van der Waals surface area contributed by atoms with E-state index in [9.17, 15) is 19.1 Å². The third-order valence-electron chi connectivity index (χ3n) is 5.13. The van der Waals surface area contributed by atoms with Gasteiger partial charge in [-0.05, 0) is 49.4 Å². The highest BCUT2D eigenvalue weighted by Crippen LogP contribution is 2.56. The topological polar surface area (TPSA) is 66.4 Å². The van der Waals surface area contributed by atoms with E-state index >= 15 is 0 Å². The van der Waals surface area contributed by atoms with Gasteiger partial charge < -0.3 is 10.4 Å². The molecule has 0 radical (unpaired) electrons. The molecule has 0 unspecified atom stereocenters. The van der Waals surface area contributed by atoms with Crippen molar-refractivity contribution >= 4 is 17.6 Å². The Morgan fingerprint density at radius 2 is 1.81 bits per heavy atom. The molecule has 1 aromatic carbocycles. The number of carbonyl (C=O) groups is 2. The van der Waals surface area contributed by atoms with Crippen molar-refractivity contribution in [3.8, 4) is 0 Å². The summed E-state index contributed by atoms with van der Waals surface area (Å²) in [6, 6.07) is 5.53. The lowest BCUT2D eigenvalue weighted by Crippen LogP contribution is -2.43. The summed E-state index contributed by atoms with van der Waals surface area (Å²) in [6.07, 6.45) is 1.000. The summed E-state index contributed by atoms with van der Waals surface area (Å²) in [5.74, 6) is -1.84. The van der Waals surface area contributed by atoms with Gasteiger partial charge in [-0.25, -0.2) is 4.39 Å². The van der Waals surface area contributed by atoms with Gasteiger partial charge in [0.2, 0.25) is 5.91 Å². The van der Waals surface area contributed by atoms with Crippen LogP contribution in [0.2, 0.25) is 0 Å². The fourth-order valence-corrected chi connectivity index (χ4v) is 3.10. The SMILES string of the molecule is CC1(C)[C@H](C(=O)Nc2ccc(F)cc2)CC[C@@]1(C)C(=O)O. The lowest BCUT2D eigenvalue weighted by molar-refractivity contribution is -0.154. The van der Waals surface area contributed by atoms with E-state index < -0.39 is 16.8 Å². The molecule has 1 amide bonds. The third kappa shape index (κ3) is 2.52. The van der Waals surface area contributed by atoms with Gasteiger partial charge in [-0.15, -0.1) is 0 Å². The Bertz CT molecular complexity index is 567. The number of halogens is 1. The molecule has 0 aliphatic heterocycles. The van der Waals surface area contributed by atoms with Gasteiger partial charge in [-0.1, -0.05) is 13.8 Å². The van der Waals surface area contributed by atoms with Crippen LogP contribution in [0.1, 0.15) is 33.6 Å². The maximum atomic E-state index is 12.9. The minimum atomic E-state index is -0.919. The first-order valence-corrected chi connectivity index (χ1v) is 6.98. The predicted molar refractivity (Wildman–Crippen MR) is 77.3 cm³/mol. The summed E-state index contributed by atoms with van der Waals surface area (Å²) in [6.45, 7) is 5.34. The van der Waals surface area contributed by atoms with Gasteiger partial charge >= 0.3 is 5.97 Å². The van der Waals surface area contributed by atoms with Crippen molar-refractivity contribution in [1.82, 2.24) is 0 Å². The van der Waals surface area contributed by atoms with Gasteiger partial charge in [0.15, 0.2) is 0 Å². The van der Waals surface area contributed by atoms with Crippen LogP contribution in [0.4, 0.5) is 10.1 Å². The summed E-state index contributed by atoms with van der Waals surface area (Å²) < 4.78 is 12.9. The Kier molecular flexibility index (Phi) is 3.78. The average molecular weight is 293 g/mol. The Morgan fingerprint density at radius 1 is 1.24 bits per heavy atom. The molecule has 0 heterocycles. The minimum Gasteiger partial charge on any atom is -0.481 e. The van der Waals surface area contributed by atoms with Crippen LogP contribution in [-0.4, -0.2) is 17.0 Å². The van der Waals surface area contributed by atoms with Gasteiger partial charge in [0.05, 0.1) is 5.41 Å². The van der Waals surface area contributed by atoms with Crippen LogP contribution in [0, 0.1) is 22.6 Å². The first-order valence-electron chi connectivity index (χ1n) is 6.98. The smallest absolute Gasteiger partial charge is 0.309 e. The summed E-state index contributed by atoms with van der Waals surface area (Å²) in [7, 11) is 0. The van der Waals surface area contributed by atoms with E-state index in [2.05, 4.69) is 5.32 Å². The van der Waals surface area contributed by atoms with E-state index in [1.165, 1.54) is 24.3 Å². The molecule has 2 N–H and O–H groups in total. The van der Waals surface area contributed by atoms with Crippen LogP contribution in [0.5, 0.6) is 0 Å². The molecule has 21 heavy (non-hydrogen) atoms. The monoisotopic (exact) mass is 293 g/mol. The molecule has 0 saturated heterocycles. The maximum Gasteiger partial charge on any atom is 0.309 e. The van der Waals surface area contributed by atoms with Gasteiger partial charge in [-0.2, -0.15) is 0 Å². The number of anilines is 1.